The number of pyridine rings is 1. The molecule has 0 N–H and O–H groups in total. The third-order valence-electron chi connectivity index (χ3n) is 6.42. The molecule has 1 heterocycles. The van der Waals surface area contributed by atoms with E-state index in [0.717, 1.165) is 24.3 Å². The highest BCUT2D eigenvalue weighted by atomic mass is 14.7. The van der Waals surface area contributed by atoms with Gasteiger partial charge >= 0.3 is 0 Å². The van der Waals surface area contributed by atoms with Crippen LogP contribution in [0, 0.1) is 0 Å². The first-order chi connectivity index (χ1) is 13.9. The van der Waals surface area contributed by atoms with Crippen molar-refractivity contribution in [1.29, 1.82) is 0 Å². The summed E-state index contributed by atoms with van der Waals surface area (Å²) in [5.41, 5.74) is 5.45. The van der Waals surface area contributed by atoms with E-state index in [0.29, 0.717) is 0 Å². The van der Waals surface area contributed by atoms with Crippen LogP contribution in [0.25, 0.3) is 21.7 Å². The van der Waals surface area contributed by atoms with Gasteiger partial charge in [0.2, 0.25) is 0 Å². The number of rotatable bonds is 4. The Kier molecular flexibility index (Phi) is 4.83. The van der Waals surface area contributed by atoms with E-state index in [-0.39, 0.29) is 0 Å². The minimum Gasteiger partial charge on any atom is -0.252 e. The number of aromatic nitrogens is 1. The highest BCUT2D eigenvalue weighted by molar-refractivity contribution is 6.06. The van der Waals surface area contributed by atoms with Crippen molar-refractivity contribution in [2.24, 2.45) is 0 Å². The Hall–Kier alpha value is -2.67. The molecule has 1 nitrogen and oxygen atoms in total. The quantitative estimate of drug-likeness (QED) is 0.348. The van der Waals surface area contributed by atoms with E-state index in [4.69, 9.17) is 4.98 Å². The van der Waals surface area contributed by atoms with Crippen molar-refractivity contribution in [2.75, 3.05) is 0 Å². The lowest BCUT2D eigenvalue weighted by Crippen LogP contribution is -2.08. The summed E-state index contributed by atoms with van der Waals surface area (Å²) in [5.74, 6) is 0.756. The van der Waals surface area contributed by atoms with Crippen molar-refractivity contribution in [3.05, 3.63) is 89.6 Å². The van der Waals surface area contributed by atoms with E-state index < -0.39 is 0 Å². The van der Waals surface area contributed by atoms with Gasteiger partial charge < -0.3 is 0 Å². The lowest BCUT2D eigenvalue weighted by Gasteiger charge is -2.24. The van der Waals surface area contributed by atoms with Crippen LogP contribution in [0.3, 0.4) is 0 Å². The number of hydrogen-bond donors (Lipinski definition) is 0. The monoisotopic (exact) mass is 365 g/mol. The summed E-state index contributed by atoms with van der Waals surface area (Å²) in [5, 5.41) is 3.88. The molecule has 0 aliphatic heterocycles. The number of benzene rings is 3. The summed E-state index contributed by atoms with van der Waals surface area (Å²) in [6, 6.07) is 26.4. The van der Waals surface area contributed by atoms with Gasteiger partial charge in [-0.2, -0.15) is 0 Å². The van der Waals surface area contributed by atoms with Crippen LogP contribution in [0.5, 0.6) is 0 Å². The zero-order valence-electron chi connectivity index (χ0n) is 16.4. The van der Waals surface area contributed by atoms with Gasteiger partial charge in [0.25, 0.3) is 0 Å². The third-order valence-corrected chi connectivity index (χ3v) is 6.42. The van der Waals surface area contributed by atoms with Crippen LogP contribution in [0.15, 0.2) is 72.8 Å². The van der Waals surface area contributed by atoms with E-state index in [2.05, 4.69) is 72.8 Å². The molecule has 0 radical (unpaired) electrons. The van der Waals surface area contributed by atoms with Crippen LogP contribution >= 0.6 is 0 Å². The molecule has 0 spiro atoms. The van der Waals surface area contributed by atoms with Gasteiger partial charge in [-0.05, 0) is 54.2 Å². The van der Waals surface area contributed by atoms with E-state index in [1.807, 2.05) is 0 Å². The molecule has 0 saturated heterocycles. The molecule has 1 heteroatoms. The Labute approximate surface area is 167 Å². The van der Waals surface area contributed by atoms with Crippen molar-refractivity contribution in [3.63, 3.8) is 0 Å². The number of hydrogen-bond acceptors (Lipinski definition) is 1. The van der Waals surface area contributed by atoms with Gasteiger partial charge in [0, 0.05) is 16.5 Å². The summed E-state index contributed by atoms with van der Waals surface area (Å²) >= 11 is 0. The lowest BCUT2D eigenvalue weighted by molar-refractivity contribution is 0.441. The Bertz CT molecular complexity index is 1110. The summed E-state index contributed by atoms with van der Waals surface area (Å²) in [4.78, 5) is 5.06. The molecule has 1 aliphatic carbocycles. The molecule has 1 aromatic heterocycles. The maximum absolute atomic E-state index is 5.06. The third kappa shape index (κ3) is 3.30. The SMILES string of the molecule is c1ccc(C2CCCCC2)c(CCc2nc3ccccc3c3ccccc23)c1. The molecule has 0 unspecified atom stereocenters. The molecule has 3 aromatic carbocycles. The van der Waals surface area contributed by atoms with E-state index in [1.165, 1.54) is 59.5 Å². The van der Waals surface area contributed by atoms with E-state index >= 15 is 0 Å². The van der Waals surface area contributed by atoms with Crippen LogP contribution in [-0.2, 0) is 12.8 Å². The molecule has 1 aliphatic rings. The van der Waals surface area contributed by atoms with Crippen molar-refractivity contribution < 1.29 is 0 Å². The Morgan fingerprint density at radius 3 is 2.18 bits per heavy atom. The molecule has 0 bridgehead atoms. The first kappa shape index (κ1) is 17.4. The van der Waals surface area contributed by atoms with Gasteiger partial charge in [-0.15, -0.1) is 0 Å². The van der Waals surface area contributed by atoms with Crippen LogP contribution in [0.2, 0.25) is 0 Å². The second kappa shape index (κ2) is 7.75. The molecule has 0 atom stereocenters. The minimum atomic E-state index is 0.756. The van der Waals surface area contributed by atoms with Crippen LogP contribution in [0.1, 0.15) is 54.8 Å². The summed E-state index contributed by atoms with van der Waals surface area (Å²) in [7, 11) is 0. The maximum Gasteiger partial charge on any atom is 0.0711 e. The van der Waals surface area contributed by atoms with Gasteiger partial charge in [0.1, 0.15) is 0 Å². The molecule has 1 saturated carbocycles. The molecule has 5 rings (SSSR count). The Morgan fingerprint density at radius 1 is 0.643 bits per heavy atom. The molecule has 4 aromatic rings. The molecular weight excluding hydrogens is 338 g/mol. The Balaban J connectivity index is 1.50. The van der Waals surface area contributed by atoms with E-state index in [9.17, 15) is 0 Å². The van der Waals surface area contributed by atoms with Crippen molar-refractivity contribution in [2.45, 2.75) is 50.9 Å². The standard InChI is InChI=1S/C27H27N/c1-2-10-20(11-3-1)22-13-5-4-12-21(22)18-19-27-25-15-7-6-14-23(25)24-16-8-9-17-26(24)28-27/h4-9,12-17,20H,1-3,10-11,18-19H2. The van der Waals surface area contributed by atoms with Crippen LogP contribution < -0.4 is 0 Å². The second-order valence-corrected chi connectivity index (χ2v) is 8.15. The zero-order chi connectivity index (χ0) is 18.8. The minimum absolute atomic E-state index is 0.756. The number of para-hydroxylation sites is 1. The van der Waals surface area contributed by atoms with Crippen LogP contribution in [0.4, 0.5) is 0 Å². The highest BCUT2D eigenvalue weighted by Crippen LogP contribution is 2.35. The molecule has 1 fully saturated rings. The normalized spacial score (nSPS) is 15.3. The molecule has 140 valence electrons. The van der Waals surface area contributed by atoms with Gasteiger partial charge in [-0.25, -0.2) is 0 Å². The van der Waals surface area contributed by atoms with Gasteiger partial charge in [0.05, 0.1) is 5.52 Å². The topological polar surface area (TPSA) is 12.9 Å². The average molecular weight is 366 g/mol. The predicted molar refractivity (Wildman–Crippen MR) is 119 cm³/mol. The highest BCUT2D eigenvalue weighted by Gasteiger charge is 2.18. The Morgan fingerprint density at radius 2 is 1.32 bits per heavy atom. The zero-order valence-corrected chi connectivity index (χ0v) is 16.4. The fourth-order valence-electron chi connectivity index (χ4n) is 4.99. The predicted octanol–water partition coefficient (Wildman–Crippen LogP) is 7.22. The summed E-state index contributed by atoms with van der Waals surface area (Å²) < 4.78 is 0. The smallest absolute Gasteiger partial charge is 0.0711 e. The largest absolute Gasteiger partial charge is 0.252 e. The van der Waals surface area contributed by atoms with Gasteiger partial charge in [-0.3, -0.25) is 4.98 Å². The second-order valence-electron chi connectivity index (χ2n) is 8.15. The summed E-state index contributed by atoms with van der Waals surface area (Å²) in [6.45, 7) is 0. The first-order valence-electron chi connectivity index (χ1n) is 10.7. The average Bonchev–Trinajstić information content (AvgIpc) is 2.78. The fraction of sp³-hybridized carbons (Fsp3) is 0.296. The van der Waals surface area contributed by atoms with E-state index in [1.54, 1.807) is 5.56 Å². The number of fused-ring (bicyclic) bond motifs is 3. The van der Waals surface area contributed by atoms with Crippen molar-refractivity contribution in [3.8, 4) is 0 Å². The van der Waals surface area contributed by atoms with Gasteiger partial charge in [0.15, 0.2) is 0 Å². The van der Waals surface area contributed by atoms with Crippen LogP contribution in [-0.4, -0.2) is 4.98 Å². The number of nitrogens with zero attached hydrogens (tertiary/aromatic N) is 1. The van der Waals surface area contributed by atoms with Crippen molar-refractivity contribution in [1.82, 2.24) is 4.98 Å². The maximum atomic E-state index is 5.06. The first-order valence-corrected chi connectivity index (χ1v) is 10.7. The fourth-order valence-corrected chi connectivity index (χ4v) is 4.99. The molecular formula is C27H27N. The number of aryl methyl sites for hydroxylation is 2. The molecule has 0 amide bonds. The summed E-state index contributed by atoms with van der Waals surface area (Å²) in [6.07, 6.45) is 8.96. The van der Waals surface area contributed by atoms with Gasteiger partial charge in [-0.1, -0.05) is 86.0 Å². The lowest BCUT2D eigenvalue weighted by atomic mass is 9.81. The van der Waals surface area contributed by atoms with Crippen molar-refractivity contribution >= 4 is 21.7 Å². The molecule has 28 heavy (non-hydrogen) atoms.